The maximum atomic E-state index is 11.5. The van der Waals surface area contributed by atoms with Crippen LogP contribution < -0.4 is 5.73 Å². The summed E-state index contributed by atoms with van der Waals surface area (Å²) in [5.41, 5.74) is 5.65. The van der Waals surface area contributed by atoms with Crippen molar-refractivity contribution in [3.8, 4) is 0 Å². The largest absolute Gasteiger partial charge is 0.327 e. The second-order valence-electron chi connectivity index (χ2n) is 4.12. The summed E-state index contributed by atoms with van der Waals surface area (Å²) < 4.78 is 0. The van der Waals surface area contributed by atoms with Gasteiger partial charge in [-0.05, 0) is 12.8 Å². The zero-order valence-electron chi connectivity index (χ0n) is 8.05. The molecule has 0 aromatic heterocycles. The van der Waals surface area contributed by atoms with Crippen molar-refractivity contribution in [2.45, 2.75) is 45.6 Å². The van der Waals surface area contributed by atoms with Crippen molar-refractivity contribution in [2.75, 3.05) is 0 Å². The Balaban J connectivity index is 2.26. The number of ketones is 1. The van der Waals surface area contributed by atoms with E-state index in [9.17, 15) is 4.79 Å². The summed E-state index contributed by atoms with van der Waals surface area (Å²) in [6.07, 6.45) is 4.57. The van der Waals surface area contributed by atoms with E-state index in [0.717, 1.165) is 6.42 Å². The van der Waals surface area contributed by atoms with Crippen molar-refractivity contribution in [3.05, 3.63) is 0 Å². The van der Waals surface area contributed by atoms with E-state index in [2.05, 4.69) is 0 Å². The molecule has 0 spiro atoms. The molecule has 2 nitrogen and oxygen atoms in total. The van der Waals surface area contributed by atoms with Crippen LogP contribution in [0.2, 0.25) is 0 Å². The Morgan fingerprint density at radius 3 is 2.42 bits per heavy atom. The number of Topliss-reactive ketones (excluding diaryl/α,β-unsaturated/α-hetero) is 1. The van der Waals surface area contributed by atoms with Crippen molar-refractivity contribution in [3.63, 3.8) is 0 Å². The van der Waals surface area contributed by atoms with Crippen molar-refractivity contribution in [2.24, 2.45) is 17.6 Å². The Bertz CT molecular complexity index is 161. The molecule has 1 rings (SSSR count). The molecular weight excluding hydrogens is 150 g/mol. The van der Waals surface area contributed by atoms with E-state index in [4.69, 9.17) is 5.73 Å². The maximum absolute atomic E-state index is 11.5. The van der Waals surface area contributed by atoms with Crippen LogP contribution in [0.3, 0.4) is 0 Å². The summed E-state index contributed by atoms with van der Waals surface area (Å²) in [5, 5.41) is 0. The quantitative estimate of drug-likeness (QED) is 0.696. The van der Waals surface area contributed by atoms with Crippen LogP contribution in [0, 0.1) is 11.8 Å². The first kappa shape index (κ1) is 9.72. The van der Waals surface area contributed by atoms with E-state index in [1.165, 1.54) is 19.3 Å². The molecule has 2 unspecified atom stereocenters. The molecule has 2 N–H and O–H groups in total. The van der Waals surface area contributed by atoms with Gasteiger partial charge in [0.15, 0.2) is 0 Å². The molecule has 12 heavy (non-hydrogen) atoms. The second-order valence-corrected chi connectivity index (χ2v) is 4.12. The third kappa shape index (κ3) is 2.31. The van der Waals surface area contributed by atoms with Gasteiger partial charge >= 0.3 is 0 Å². The first-order valence-electron chi connectivity index (χ1n) is 4.89. The van der Waals surface area contributed by atoms with Gasteiger partial charge in [0.25, 0.3) is 0 Å². The Morgan fingerprint density at radius 1 is 1.50 bits per heavy atom. The highest BCUT2D eigenvalue weighted by molar-refractivity contribution is 5.81. The van der Waals surface area contributed by atoms with Gasteiger partial charge in [-0.15, -0.1) is 0 Å². The molecule has 0 aliphatic heterocycles. The Kier molecular flexibility index (Phi) is 3.27. The molecular formula is C10H19NO. The highest BCUT2D eigenvalue weighted by Crippen LogP contribution is 2.30. The number of carbonyl (C=O) groups is 1. The van der Waals surface area contributed by atoms with Gasteiger partial charge in [-0.25, -0.2) is 0 Å². The molecule has 0 amide bonds. The van der Waals surface area contributed by atoms with Gasteiger partial charge in [-0.1, -0.05) is 26.2 Å². The Morgan fingerprint density at radius 2 is 2.08 bits per heavy atom. The molecule has 2 atom stereocenters. The van der Waals surface area contributed by atoms with Crippen LogP contribution >= 0.6 is 0 Å². The molecule has 1 saturated carbocycles. The lowest BCUT2D eigenvalue weighted by atomic mass is 9.79. The third-order valence-corrected chi connectivity index (χ3v) is 3.01. The van der Waals surface area contributed by atoms with E-state index < -0.39 is 0 Å². The van der Waals surface area contributed by atoms with E-state index in [1.54, 1.807) is 0 Å². The average Bonchev–Trinajstić information content (AvgIpc) is 1.94. The fourth-order valence-electron chi connectivity index (χ4n) is 1.46. The molecule has 1 aliphatic carbocycles. The molecule has 1 fully saturated rings. The number of carbonyl (C=O) groups excluding carboxylic acids is 1. The summed E-state index contributed by atoms with van der Waals surface area (Å²) >= 11 is 0. The number of hydrogen-bond donors (Lipinski definition) is 1. The lowest BCUT2D eigenvalue weighted by Gasteiger charge is -2.26. The summed E-state index contributed by atoms with van der Waals surface area (Å²) in [6, 6.07) is 0.0116. The summed E-state index contributed by atoms with van der Waals surface area (Å²) in [6.45, 7) is 3.84. The van der Waals surface area contributed by atoms with E-state index in [-0.39, 0.29) is 12.0 Å². The minimum Gasteiger partial charge on any atom is -0.327 e. The minimum atomic E-state index is 0.0116. The smallest absolute Gasteiger partial charge is 0.137 e. The normalized spacial score (nSPS) is 22.9. The lowest BCUT2D eigenvalue weighted by Crippen LogP contribution is -2.32. The Labute approximate surface area is 74.5 Å². The number of hydrogen-bond acceptors (Lipinski definition) is 2. The standard InChI is InChI=1S/C10H19NO/c1-7(8(2)11)10(12)6-9-4-3-5-9/h7-9H,3-6,11H2,1-2H3. The topological polar surface area (TPSA) is 43.1 Å². The average molecular weight is 169 g/mol. The van der Waals surface area contributed by atoms with Gasteiger partial charge in [0.2, 0.25) is 0 Å². The SMILES string of the molecule is CC(N)C(C)C(=O)CC1CCC1. The van der Waals surface area contributed by atoms with Crippen LogP contribution in [0.25, 0.3) is 0 Å². The highest BCUT2D eigenvalue weighted by atomic mass is 16.1. The van der Waals surface area contributed by atoms with Crippen LogP contribution in [0.15, 0.2) is 0 Å². The van der Waals surface area contributed by atoms with Gasteiger partial charge in [-0.2, -0.15) is 0 Å². The van der Waals surface area contributed by atoms with Crippen molar-refractivity contribution in [1.29, 1.82) is 0 Å². The molecule has 0 radical (unpaired) electrons. The molecule has 0 aromatic carbocycles. The first-order valence-corrected chi connectivity index (χ1v) is 4.89. The van der Waals surface area contributed by atoms with Gasteiger partial charge in [-0.3, -0.25) is 4.79 Å². The Hall–Kier alpha value is -0.370. The molecule has 0 heterocycles. The van der Waals surface area contributed by atoms with Crippen molar-refractivity contribution >= 4 is 5.78 Å². The van der Waals surface area contributed by atoms with E-state index >= 15 is 0 Å². The third-order valence-electron chi connectivity index (χ3n) is 3.01. The minimum absolute atomic E-state index is 0.0116. The van der Waals surface area contributed by atoms with Crippen LogP contribution in [0.4, 0.5) is 0 Å². The van der Waals surface area contributed by atoms with Gasteiger partial charge in [0.1, 0.15) is 5.78 Å². The summed E-state index contributed by atoms with van der Waals surface area (Å²) in [5.74, 6) is 1.08. The summed E-state index contributed by atoms with van der Waals surface area (Å²) in [7, 11) is 0. The number of rotatable bonds is 4. The molecule has 70 valence electrons. The lowest BCUT2D eigenvalue weighted by molar-refractivity contribution is -0.124. The predicted octanol–water partition coefficient (Wildman–Crippen LogP) is 1.73. The molecule has 0 bridgehead atoms. The monoisotopic (exact) mass is 169 g/mol. The highest BCUT2D eigenvalue weighted by Gasteiger charge is 2.24. The summed E-state index contributed by atoms with van der Waals surface area (Å²) in [4.78, 5) is 11.5. The van der Waals surface area contributed by atoms with Gasteiger partial charge in [0.05, 0.1) is 0 Å². The molecule has 1 aliphatic rings. The number of nitrogens with two attached hydrogens (primary N) is 1. The molecule has 0 aromatic rings. The van der Waals surface area contributed by atoms with Gasteiger partial charge < -0.3 is 5.73 Å². The van der Waals surface area contributed by atoms with Crippen molar-refractivity contribution in [1.82, 2.24) is 0 Å². The first-order chi connectivity index (χ1) is 5.61. The molecule has 0 saturated heterocycles. The van der Waals surface area contributed by atoms with Gasteiger partial charge in [0, 0.05) is 18.4 Å². The van der Waals surface area contributed by atoms with E-state index in [1.807, 2.05) is 13.8 Å². The zero-order chi connectivity index (χ0) is 9.14. The van der Waals surface area contributed by atoms with Crippen LogP contribution in [0.5, 0.6) is 0 Å². The zero-order valence-corrected chi connectivity index (χ0v) is 8.05. The fraction of sp³-hybridized carbons (Fsp3) is 0.900. The van der Waals surface area contributed by atoms with Crippen LogP contribution in [-0.2, 0) is 4.79 Å². The second kappa shape index (κ2) is 4.04. The van der Waals surface area contributed by atoms with Crippen molar-refractivity contribution < 1.29 is 4.79 Å². The van der Waals surface area contributed by atoms with E-state index in [0.29, 0.717) is 11.7 Å². The fourth-order valence-corrected chi connectivity index (χ4v) is 1.46. The van der Waals surface area contributed by atoms with Crippen LogP contribution in [-0.4, -0.2) is 11.8 Å². The molecule has 2 heteroatoms. The van der Waals surface area contributed by atoms with Crippen LogP contribution in [0.1, 0.15) is 39.5 Å². The predicted molar refractivity (Wildman–Crippen MR) is 49.8 cm³/mol. The maximum Gasteiger partial charge on any atom is 0.137 e.